The molecule has 0 unspecified atom stereocenters. The molecule has 0 spiro atoms. The largest absolute Gasteiger partial charge is 0.491 e. The predicted octanol–water partition coefficient (Wildman–Crippen LogP) is 4.97. The third-order valence-electron chi connectivity index (χ3n) is 5.66. The van der Waals surface area contributed by atoms with Gasteiger partial charge in [0, 0.05) is 0 Å². The molecule has 8 nitrogen and oxygen atoms in total. The fourth-order valence-electron chi connectivity index (χ4n) is 3.76. The lowest BCUT2D eigenvalue weighted by Gasteiger charge is -2.10. The molecule has 4 aromatic rings. The molecule has 1 N–H and O–H groups in total. The molecule has 0 fully saturated rings. The SMILES string of the molecule is COC(=O)c1ccc2cc(OCCOCCOCCOc3ccc4cc(C(=O)O)ccc4c3)ccc2c1. The van der Waals surface area contributed by atoms with E-state index in [1.165, 1.54) is 7.11 Å². The summed E-state index contributed by atoms with van der Waals surface area (Å²) in [5.74, 6) is 0.120. The van der Waals surface area contributed by atoms with E-state index in [0.717, 1.165) is 27.3 Å². The fourth-order valence-corrected chi connectivity index (χ4v) is 3.76. The van der Waals surface area contributed by atoms with Gasteiger partial charge in [-0.1, -0.05) is 24.3 Å². The van der Waals surface area contributed by atoms with Crippen LogP contribution >= 0.6 is 0 Å². The lowest BCUT2D eigenvalue weighted by Crippen LogP contribution is -2.13. The summed E-state index contributed by atoms with van der Waals surface area (Å²) in [7, 11) is 1.36. The van der Waals surface area contributed by atoms with Gasteiger partial charge in [0.1, 0.15) is 24.7 Å². The summed E-state index contributed by atoms with van der Waals surface area (Å²) in [5.41, 5.74) is 0.769. The van der Waals surface area contributed by atoms with Crippen molar-refractivity contribution in [2.45, 2.75) is 0 Å². The molecule has 0 saturated heterocycles. The molecule has 0 aliphatic heterocycles. The van der Waals surface area contributed by atoms with Crippen LogP contribution in [0.15, 0.2) is 72.8 Å². The van der Waals surface area contributed by atoms with E-state index in [1.807, 2.05) is 42.5 Å². The zero-order chi connectivity index (χ0) is 26.0. The van der Waals surface area contributed by atoms with Gasteiger partial charge in [-0.05, 0) is 70.1 Å². The molecule has 4 rings (SSSR count). The van der Waals surface area contributed by atoms with Crippen LogP contribution in [0.2, 0.25) is 0 Å². The van der Waals surface area contributed by atoms with Crippen LogP contribution in [0.25, 0.3) is 21.5 Å². The van der Waals surface area contributed by atoms with Crippen molar-refractivity contribution in [2.75, 3.05) is 46.8 Å². The number of carbonyl (C=O) groups excluding carboxylic acids is 1. The van der Waals surface area contributed by atoms with E-state index in [2.05, 4.69) is 0 Å². The number of fused-ring (bicyclic) bond motifs is 2. The molecule has 0 aliphatic rings. The van der Waals surface area contributed by atoms with Crippen molar-refractivity contribution >= 4 is 33.5 Å². The Balaban J connectivity index is 1.08. The van der Waals surface area contributed by atoms with Crippen molar-refractivity contribution in [3.05, 3.63) is 83.9 Å². The molecule has 0 heterocycles. The number of hydrogen-bond acceptors (Lipinski definition) is 7. The minimum absolute atomic E-state index is 0.258. The predicted molar refractivity (Wildman–Crippen MR) is 139 cm³/mol. The molecule has 0 amide bonds. The highest BCUT2D eigenvalue weighted by Crippen LogP contribution is 2.23. The number of esters is 1. The zero-order valence-electron chi connectivity index (χ0n) is 20.5. The van der Waals surface area contributed by atoms with E-state index in [4.69, 9.17) is 28.8 Å². The highest BCUT2D eigenvalue weighted by molar-refractivity contribution is 5.96. The summed E-state index contributed by atoms with van der Waals surface area (Å²) in [6, 6.07) is 21.6. The van der Waals surface area contributed by atoms with Crippen LogP contribution in [-0.4, -0.2) is 63.8 Å². The maximum Gasteiger partial charge on any atom is 0.337 e. The van der Waals surface area contributed by atoms with Crippen molar-refractivity contribution in [3.8, 4) is 11.5 Å². The van der Waals surface area contributed by atoms with E-state index in [9.17, 15) is 9.59 Å². The van der Waals surface area contributed by atoms with Gasteiger partial charge in [-0.25, -0.2) is 9.59 Å². The van der Waals surface area contributed by atoms with Gasteiger partial charge < -0.3 is 28.8 Å². The molecular formula is C29H28O8. The number of carboxylic acid groups (broad SMARTS) is 1. The average molecular weight is 505 g/mol. The fraction of sp³-hybridized carbons (Fsp3) is 0.241. The Morgan fingerprint density at radius 2 is 1.03 bits per heavy atom. The standard InChI is InChI=1S/C29H28O8/c1-33-29(32)25-5-3-23-19-27(9-7-21(23)17-25)37-15-13-35-11-10-34-12-14-36-26-8-6-20-16-24(28(30)31)4-2-22(20)18-26/h2-9,16-19H,10-15H2,1H3,(H,30,31). The van der Waals surface area contributed by atoms with Crippen molar-refractivity contribution in [3.63, 3.8) is 0 Å². The maximum atomic E-state index is 11.7. The number of carbonyl (C=O) groups is 2. The quantitative estimate of drug-likeness (QED) is 0.201. The van der Waals surface area contributed by atoms with Crippen LogP contribution < -0.4 is 9.47 Å². The molecule has 192 valence electrons. The van der Waals surface area contributed by atoms with Crippen LogP contribution in [0.5, 0.6) is 11.5 Å². The Morgan fingerprint density at radius 3 is 1.54 bits per heavy atom. The normalized spacial score (nSPS) is 10.9. The Labute approximate surface area is 214 Å². The van der Waals surface area contributed by atoms with E-state index in [0.29, 0.717) is 51.0 Å². The number of hydrogen-bond donors (Lipinski definition) is 1. The molecule has 0 aliphatic carbocycles. The molecule has 8 heteroatoms. The molecule has 0 radical (unpaired) electrons. The topological polar surface area (TPSA) is 101 Å². The molecule has 4 aromatic carbocycles. The summed E-state index contributed by atoms with van der Waals surface area (Å²) in [4.78, 5) is 22.7. The van der Waals surface area contributed by atoms with Gasteiger partial charge >= 0.3 is 11.9 Å². The Kier molecular flexibility index (Phi) is 8.91. The molecule has 0 atom stereocenters. The van der Waals surface area contributed by atoms with Crippen molar-refractivity contribution < 1.29 is 38.4 Å². The highest BCUT2D eigenvalue weighted by atomic mass is 16.6. The minimum atomic E-state index is -0.946. The van der Waals surface area contributed by atoms with E-state index < -0.39 is 5.97 Å². The molecule has 37 heavy (non-hydrogen) atoms. The van der Waals surface area contributed by atoms with Crippen LogP contribution in [0.1, 0.15) is 20.7 Å². The first-order valence-corrected chi connectivity index (χ1v) is 11.8. The van der Waals surface area contributed by atoms with Crippen molar-refractivity contribution in [1.29, 1.82) is 0 Å². The Bertz CT molecular complexity index is 1380. The number of ether oxygens (including phenoxy) is 5. The van der Waals surface area contributed by atoms with Gasteiger partial charge in [0.2, 0.25) is 0 Å². The third kappa shape index (κ3) is 7.19. The number of rotatable bonds is 13. The van der Waals surface area contributed by atoms with Crippen molar-refractivity contribution in [1.82, 2.24) is 0 Å². The first-order valence-electron chi connectivity index (χ1n) is 11.8. The number of carboxylic acids is 1. The monoisotopic (exact) mass is 504 g/mol. The molecule has 0 aromatic heterocycles. The second-order valence-corrected chi connectivity index (χ2v) is 8.17. The zero-order valence-corrected chi connectivity index (χ0v) is 20.5. The number of benzene rings is 4. The summed E-state index contributed by atoms with van der Waals surface area (Å²) in [6.45, 7) is 2.54. The lowest BCUT2D eigenvalue weighted by molar-refractivity contribution is 0.0274. The first kappa shape index (κ1) is 25.9. The summed E-state index contributed by atoms with van der Waals surface area (Å²) in [6.07, 6.45) is 0. The van der Waals surface area contributed by atoms with E-state index in [-0.39, 0.29) is 11.5 Å². The Morgan fingerprint density at radius 1 is 0.595 bits per heavy atom. The molecule has 0 saturated carbocycles. The lowest BCUT2D eigenvalue weighted by atomic mass is 10.1. The van der Waals surface area contributed by atoms with Gasteiger partial charge in [-0.15, -0.1) is 0 Å². The van der Waals surface area contributed by atoms with E-state index in [1.54, 1.807) is 30.3 Å². The second-order valence-electron chi connectivity index (χ2n) is 8.17. The summed E-state index contributed by atoms with van der Waals surface area (Å²) in [5, 5.41) is 12.7. The van der Waals surface area contributed by atoms with Crippen molar-refractivity contribution in [2.24, 2.45) is 0 Å². The van der Waals surface area contributed by atoms with Gasteiger partial charge in [0.25, 0.3) is 0 Å². The first-order chi connectivity index (χ1) is 18.0. The van der Waals surface area contributed by atoms with Crippen LogP contribution in [0, 0.1) is 0 Å². The maximum absolute atomic E-state index is 11.7. The second kappa shape index (κ2) is 12.7. The number of aromatic carboxylic acids is 1. The molecular weight excluding hydrogens is 476 g/mol. The van der Waals surface area contributed by atoms with Gasteiger partial charge in [-0.2, -0.15) is 0 Å². The van der Waals surface area contributed by atoms with Gasteiger partial charge in [-0.3, -0.25) is 0 Å². The number of methoxy groups -OCH3 is 1. The summed E-state index contributed by atoms with van der Waals surface area (Å²) >= 11 is 0. The van der Waals surface area contributed by atoms with Gasteiger partial charge in [0.15, 0.2) is 0 Å². The van der Waals surface area contributed by atoms with Crippen LogP contribution in [0.4, 0.5) is 0 Å². The summed E-state index contributed by atoms with van der Waals surface area (Å²) < 4.78 is 27.3. The van der Waals surface area contributed by atoms with Gasteiger partial charge in [0.05, 0.1) is 44.7 Å². The molecule has 0 bridgehead atoms. The third-order valence-corrected chi connectivity index (χ3v) is 5.66. The van der Waals surface area contributed by atoms with Crippen LogP contribution in [-0.2, 0) is 14.2 Å². The average Bonchev–Trinajstić information content (AvgIpc) is 2.92. The highest BCUT2D eigenvalue weighted by Gasteiger charge is 2.07. The minimum Gasteiger partial charge on any atom is -0.491 e. The smallest absolute Gasteiger partial charge is 0.337 e. The Hall–Kier alpha value is -4.14. The van der Waals surface area contributed by atoms with E-state index >= 15 is 0 Å². The van der Waals surface area contributed by atoms with Crippen LogP contribution in [0.3, 0.4) is 0 Å².